The Hall–Kier alpha value is -0.296. The first kappa shape index (κ1) is 23.7. The minimum absolute atomic E-state index is 0.373. The highest BCUT2D eigenvalue weighted by Crippen LogP contribution is 2.45. The van der Waals surface area contributed by atoms with E-state index < -0.39 is 22.8 Å². The van der Waals surface area contributed by atoms with E-state index in [4.69, 9.17) is 8.85 Å². The molecule has 0 aliphatic carbocycles. The number of hydrogen-bond acceptors (Lipinski definition) is 3. The zero-order valence-corrected chi connectivity index (χ0v) is 20.2. The maximum Gasteiger partial charge on any atom is 0.480 e. The van der Waals surface area contributed by atoms with Crippen LogP contribution < -0.4 is 0 Å². The van der Waals surface area contributed by atoms with Gasteiger partial charge in [0.25, 0.3) is 16.6 Å². The van der Waals surface area contributed by atoms with Gasteiger partial charge in [0.15, 0.2) is 0 Å². The maximum absolute atomic E-state index is 12.9. The summed E-state index contributed by atoms with van der Waals surface area (Å²) in [6.07, 6.45) is -0.402. The first-order valence-corrected chi connectivity index (χ1v) is 14.0. The zero-order chi connectivity index (χ0) is 19.5. The third-order valence-corrected chi connectivity index (χ3v) is 17.8. The Morgan fingerprint density at radius 1 is 0.500 bits per heavy atom. The first-order chi connectivity index (χ1) is 10.8. The van der Waals surface area contributed by atoms with Crippen molar-refractivity contribution in [2.24, 2.45) is 0 Å². The van der Waals surface area contributed by atoms with Crippen LogP contribution in [0.2, 0.25) is 33.2 Å². The summed E-state index contributed by atoms with van der Waals surface area (Å²) in [4.78, 5) is 12.9. The Bertz CT molecular complexity index is 322. The van der Waals surface area contributed by atoms with Gasteiger partial charge in [0.2, 0.25) is 0 Å². The normalized spacial score (nSPS) is 13.8. The molecular formula is C19H42O3Si2. The van der Waals surface area contributed by atoms with Crippen molar-refractivity contribution in [3.05, 3.63) is 0 Å². The fraction of sp³-hybridized carbons (Fsp3) is 0.947. The minimum Gasteiger partial charge on any atom is -0.489 e. The van der Waals surface area contributed by atoms with Gasteiger partial charge in [-0.05, 0) is 33.2 Å². The number of rotatable bonds is 8. The molecule has 3 nitrogen and oxygen atoms in total. The average Bonchev–Trinajstić information content (AvgIpc) is 2.39. The summed E-state index contributed by atoms with van der Waals surface area (Å²) in [5.41, 5.74) is 2.24. The molecule has 5 heteroatoms. The molecule has 0 fully saturated rings. The largest absolute Gasteiger partial charge is 0.489 e. The van der Waals surface area contributed by atoms with E-state index in [1.54, 1.807) is 0 Å². The lowest BCUT2D eigenvalue weighted by molar-refractivity contribution is 0.137. The van der Waals surface area contributed by atoms with Gasteiger partial charge in [0.1, 0.15) is 0 Å². The second kappa shape index (κ2) is 8.88. The molecule has 0 radical (unpaired) electrons. The van der Waals surface area contributed by atoms with Gasteiger partial charge in [-0.25, -0.2) is 4.79 Å². The highest BCUT2D eigenvalue weighted by molar-refractivity contribution is 6.81. The zero-order valence-electron chi connectivity index (χ0n) is 18.2. The molecule has 0 saturated heterocycles. The van der Waals surface area contributed by atoms with Crippen LogP contribution in [0.5, 0.6) is 0 Å². The van der Waals surface area contributed by atoms with Crippen LogP contribution in [0.15, 0.2) is 0 Å². The van der Waals surface area contributed by atoms with Crippen LogP contribution >= 0.6 is 0 Å². The molecule has 0 aromatic carbocycles. The first-order valence-electron chi connectivity index (χ1n) is 9.68. The van der Waals surface area contributed by atoms with Crippen LogP contribution in [0.4, 0.5) is 4.79 Å². The number of hydrogen-bond donors (Lipinski definition) is 0. The van der Waals surface area contributed by atoms with Crippen LogP contribution in [-0.2, 0) is 8.85 Å². The van der Waals surface area contributed by atoms with Crippen molar-refractivity contribution in [1.82, 2.24) is 0 Å². The van der Waals surface area contributed by atoms with Gasteiger partial charge < -0.3 is 8.85 Å². The van der Waals surface area contributed by atoms with Gasteiger partial charge in [-0.15, -0.1) is 0 Å². The van der Waals surface area contributed by atoms with E-state index in [-0.39, 0.29) is 0 Å². The Balaban J connectivity index is 5.69. The van der Waals surface area contributed by atoms with E-state index in [9.17, 15) is 4.79 Å². The predicted octanol–water partition coefficient (Wildman–Crippen LogP) is 7.49. The molecule has 24 heavy (non-hydrogen) atoms. The summed E-state index contributed by atoms with van der Waals surface area (Å²) in [7, 11) is -4.49. The van der Waals surface area contributed by atoms with E-state index >= 15 is 0 Å². The summed E-state index contributed by atoms with van der Waals surface area (Å²) in [6.45, 7) is 26.3. The van der Waals surface area contributed by atoms with Crippen molar-refractivity contribution >= 4 is 22.8 Å². The van der Waals surface area contributed by atoms with E-state index in [0.717, 1.165) is 0 Å². The van der Waals surface area contributed by atoms with E-state index in [1.165, 1.54) is 0 Å². The quantitative estimate of drug-likeness (QED) is 0.413. The Morgan fingerprint density at radius 3 is 0.792 bits per heavy atom. The van der Waals surface area contributed by atoms with Gasteiger partial charge >= 0.3 is 6.16 Å². The summed E-state index contributed by atoms with van der Waals surface area (Å²) in [5.74, 6) is 0. The molecule has 0 heterocycles. The fourth-order valence-electron chi connectivity index (χ4n) is 5.02. The second-order valence-electron chi connectivity index (χ2n) is 9.09. The highest BCUT2D eigenvalue weighted by Gasteiger charge is 2.52. The second-order valence-corrected chi connectivity index (χ2v) is 19.8. The van der Waals surface area contributed by atoms with Crippen molar-refractivity contribution < 1.29 is 13.6 Å². The van der Waals surface area contributed by atoms with Crippen molar-refractivity contribution in [1.29, 1.82) is 0 Å². The van der Waals surface area contributed by atoms with E-state index in [2.05, 4.69) is 83.1 Å². The molecule has 0 rings (SSSR count). The third-order valence-electron chi connectivity index (χ3n) is 5.93. The highest BCUT2D eigenvalue weighted by atomic mass is 28.4. The summed E-state index contributed by atoms with van der Waals surface area (Å²) < 4.78 is 12.5. The van der Waals surface area contributed by atoms with E-state index in [1.807, 2.05) is 0 Å². The molecule has 0 amide bonds. The smallest absolute Gasteiger partial charge is 0.480 e. The molecule has 0 aromatic rings. The molecule has 0 N–H and O–H groups in total. The van der Waals surface area contributed by atoms with Crippen LogP contribution in [0.25, 0.3) is 0 Å². The van der Waals surface area contributed by atoms with Gasteiger partial charge in [0.05, 0.1) is 0 Å². The lowest BCUT2D eigenvalue weighted by Crippen LogP contribution is -2.54. The Labute approximate surface area is 153 Å². The van der Waals surface area contributed by atoms with Crippen molar-refractivity contribution in [2.75, 3.05) is 0 Å². The molecule has 0 spiro atoms. The molecule has 0 aromatic heterocycles. The van der Waals surface area contributed by atoms with Gasteiger partial charge in [-0.1, -0.05) is 83.1 Å². The molecule has 0 atom stereocenters. The van der Waals surface area contributed by atoms with Gasteiger partial charge in [-0.2, -0.15) is 0 Å². The Kier molecular flexibility index (Phi) is 8.77. The SMILES string of the molecule is CC(C)[Si](OC(=O)O[Si](C(C)C)(C(C)C)C(C)C)(C(C)C)C(C)C. The maximum atomic E-state index is 12.9. The molecular weight excluding hydrogens is 332 g/mol. The molecule has 0 aliphatic heterocycles. The van der Waals surface area contributed by atoms with Crippen LogP contribution in [0, 0.1) is 0 Å². The predicted molar refractivity (Wildman–Crippen MR) is 110 cm³/mol. The van der Waals surface area contributed by atoms with Gasteiger partial charge in [-0.3, -0.25) is 0 Å². The standard InChI is InChI=1S/C19H42O3Si2/c1-13(2)23(14(3)4,15(5)6)21-19(20)22-24(16(7)8,17(9)10)18(11)12/h13-18H,1-12H3. The van der Waals surface area contributed by atoms with Gasteiger partial charge in [0, 0.05) is 0 Å². The minimum atomic E-state index is -2.25. The van der Waals surface area contributed by atoms with Crippen LogP contribution in [0.1, 0.15) is 83.1 Å². The van der Waals surface area contributed by atoms with Crippen molar-refractivity contribution in [3.63, 3.8) is 0 Å². The molecule has 0 aliphatic rings. The molecule has 0 saturated carbocycles. The Morgan fingerprint density at radius 2 is 0.667 bits per heavy atom. The van der Waals surface area contributed by atoms with Crippen LogP contribution in [-0.4, -0.2) is 22.8 Å². The van der Waals surface area contributed by atoms with Crippen LogP contribution in [0.3, 0.4) is 0 Å². The van der Waals surface area contributed by atoms with Crippen molar-refractivity contribution in [3.8, 4) is 0 Å². The molecule has 0 unspecified atom stereocenters. The summed E-state index contributed by atoms with van der Waals surface area (Å²) in [5, 5.41) is 0. The topological polar surface area (TPSA) is 35.5 Å². The molecule has 0 bridgehead atoms. The lowest BCUT2D eigenvalue weighted by atomic mass is 10.5. The third kappa shape index (κ3) is 4.45. The monoisotopic (exact) mass is 374 g/mol. The van der Waals surface area contributed by atoms with Crippen molar-refractivity contribution in [2.45, 2.75) is 116 Å². The average molecular weight is 375 g/mol. The van der Waals surface area contributed by atoms with E-state index in [0.29, 0.717) is 33.2 Å². The lowest BCUT2D eigenvalue weighted by Gasteiger charge is -2.44. The summed E-state index contributed by atoms with van der Waals surface area (Å²) in [6, 6.07) is 0. The fourth-order valence-corrected chi connectivity index (χ4v) is 15.2. The summed E-state index contributed by atoms with van der Waals surface area (Å²) >= 11 is 0. The number of carbonyl (C=O) groups excluding carboxylic acids is 1. The molecule has 144 valence electrons. The number of carbonyl (C=O) groups is 1.